The number of hydrogen-bond donors (Lipinski definition) is 2. The Morgan fingerprint density at radius 3 is 2.30 bits per heavy atom. The van der Waals surface area contributed by atoms with Gasteiger partial charge in [-0.25, -0.2) is 0 Å². The van der Waals surface area contributed by atoms with Crippen LogP contribution in [0.1, 0.15) is 23.5 Å². The second-order valence-electron chi connectivity index (χ2n) is 4.96. The first kappa shape index (κ1) is 15.0. The number of benzene rings is 2. The SMILES string of the molecule is NCC(c1ccccc1Cl)C(O)CCc1ccccc1. The van der Waals surface area contributed by atoms with E-state index in [1.54, 1.807) is 0 Å². The summed E-state index contributed by atoms with van der Waals surface area (Å²) in [6.45, 7) is 0.389. The lowest BCUT2D eigenvalue weighted by Crippen LogP contribution is -2.26. The standard InChI is InChI=1S/C17H20ClNO/c18-16-9-5-4-8-14(16)15(12-19)17(20)11-10-13-6-2-1-3-7-13/h1-9,15,17,20H,10-12,19H2. The molecule has 2 nitrogen and oxygen atoms in total. The molecule has 2 aromatic rings. The summed E-state index contributed by atoms with van der Waals surface area (Å²) >= 11 is 6.19. The fraction of sp³-hybridized carbons (Fsp3) is 0.294. The van der Waals surface area contributed by atoms with Crippen LogP contribution in [0.25, 0.3) is 0 Å². The maximum Gasteiger partial charge on any atom is 0.0624 e. The molecule has 0 spiro atoms. The molecule has 0 aliphatic carbocycles. The van der Waals surface area contributed by atoms with Crippen molar-refractivity contribution in [2.24, 2.45) is 5.73 Å². The Bertz CT molecular complexity index is 530. The summed E-state index contributed by atoms with van der Waals surface area (Å²) in [6.07, 6.45) is 1.03. The molecular weight excluding hydrogens is 270 g/mol. The number of aliphatic hydroxyl groups excluding tert-OH is 1. The zero-order chi connectivity index (χ0) is 14.4. The maximum atomic E-state index is 10.4. The van der Waals surface area contributed by atoms with E-state index in [9.17, 15) is 5.11 Å². The van der Waals surface area contributed by atoms with Crippen LogP contribution in [-0.4, -0.2) is 17.8 Å². The lowest BCUT2D eigenvalue weighted by Gasteiger charge is -2.23. The molecule has 0 fully saturated rings. The highest BCUT2D eigenvalue weighted by atomic mass is 35.5. The Labute approximate surface area is 125 Å². The van der Waals surface area contributed by atoms with Gasteiger partial charge >= 0.3 is 0 Å². The van der Waals surface area contributed by atoms with Gasteiger partial charge in [0.2, 0.25) is 0 Å². The molecule has 2 unspecified atom stereocenters. The van der Waals surface area contributed by atoms with Gasteiger partial charge in [-0.1, -0.05) is 60.1 Å². The van der Waals surface area contributed by atoms with E-state index in [2.05, 4.69) is 12.1 Å². The van der Waals surface area contributed by atoms with Gasteiger partial charge in [-0.3, -0.25) is 0 Å². The minimum Gasteiger partial charge on any atom is -0.392 e. The van der Waals surface area contributed by atoms with Gasteiger partial charge in [-0.2, -0.15) is 0 Å². The number of nitrogens with two attached hydrogens (primary N) is 1. The molecule has 3 heteroatoms. The molecule has 0 aliphatic heterocycles. The lowest BCUT2D eigenvalue weighted by atomic mass is 9.90. The van der Waals surface area contributed by atoms with E-state index >= 15 is 0 Å². The minimum absolute atomic E-state index is 0.118. The van der Waals surface area contributed by atoms with Crippen molar-refractivity contribution in [3.63, 3.8) is 0 Å². The summed E-state index contributed by atoms with van der Waals surface area (Å²) in [5, 5.41) is 11.1. The Morgan fingerprint density at radius 1 is 1.00 bits per heavy atom. The topological polar surface area (TPSA) is 46.2 Å². The van der Waals surface area contributed by atoms with Gasteiger partial charge in [0, 0.05) is 17.5 Å². The molecule has 106 valence electrons. The summed E-state index contributed by atoms with van der Waals surface area (Å²) in [5.74, 6) is -0.118. The number of aliphatic hydroxyl groups is 1. The molecule has 2 atom stereocenters. The number of halogens is 1. The fourth-order valence-corrected chi connectivity index (χ4v) is 2.70. The highest BCUT2D eigenvalue weighted by molar-refractivity contribution is 6.31. The third-order valence-electron chi connectivity index (χ3n) is 3.59. The molecule has 0 saturated carbocycles. The molecule has 0 radical (unpaired) electrons. The molecule has 0 aromatic heterocycles. The monoisotopic (exact) mass is 289 g/mol. The third-order valence-corrected chi connectivity index (χ3v) is 3.94. The zero-order valence-corrected chi connectivity index (χ0v) is 12.1. The van der Waals surface area contributed by atoms with E-state index < -0.39 is 6.10 Å². The predicted molar refractivity (Wildman–Crippen MR) is 84.0 cm³/mol. The number of aryl methyl sites for hydroxylation is 1. The van der Waals surface area contributed by atoms with E-state index in [-0.39, 0.29) is 5.92 Å². The minimum atomic E-state index is -0.486. The highest BCUT2D eigenvalue weighted by Crippen LogP contribution is 2.28. The Morgan fingerprint density at radius 2 is 1.65 bits per heavy atom. The van der Waals surface area contributed by atoms with Crippen molar-refractivity contribution in [3.05, 3.63) is 70.7 Å². The normalized spacial score (nSPS) is 13.9. The van der Waals surface area contributed by atoms with Crippen molar-refractivity contribution in [2.75, 3.05) is 6.54 Å². The summed E-state index contributed by atoms with van der Waals surface area (Å²) in [7, 11) is 0. The van der Waals surface area contributed by atoms with Gasteiger partial charge in [0.05, 0.1) is 6.10 Å². The number of rotatable bonds is 6. The third kappa shape index (κ3) is 3.83. The highest BCUT2D eigenvalue weighted by Gasteiger charge is 2.21. The molecule has 20 heavy (non-hydrogen) atoms. The smallest absolute Gasteiger partial charge is 0.0624 e. The van der Waals surface area contributed by atoms with E-state index in [0.717, 1.165) is 12.0 Å². The van der Waals surface area contributed by atoms with Crippen molar-refractivity contribution in [1.29, 1.82) is 0 Å². The zero-order valence-electron chi connectivity index (χ0n) is 11.4. The van der Waals surface area contributed by atoms with E-state index in [4.69, 9.17) is 17.3 Å². The summed E-state index contributed by atoms with van der Waals surface area (Å²) in [5.41, 5.74) is 7.98. The average Bonchev–Trinajstić information content (AvgIpc) is 2.49. The van der Waals surface area contributed by atoms with Gasteiger partial charge in [-0.05, 0) is 30.0 Å². The molecule has 2 rings (SSSR count). The quantitative estimate of drug-likeness (QED) is 0.856. The molecule has 0 bridgehead atoms. The molecule has 2 aromatic carbocycles. The first-order valence-corrected chi connectivity index (χ1v) is 7.26. The second kappa shape index (κ2) is 7.44. The fourth-order valence-electron chi connectivity index (χ4n) is 2.43. The predicted octanol–water partition coefficient (Wildman–Crippen LogP) is 3.38. The summed E-state index contributed by atoms with van der Waals surface area (Å²) in [4.78, 5) is 0. The Balaban J connectivity index is 2.03. The van der Waals surface area contributed by atoms with Crippen LogP contribution in [-0.2, 0) is 6.42 Å². The molecule has 0 aliphatic rings. The van der Waals surface area contributed by atoms with Crippen LogP contribution >= 0.6 is 11.6 Å². The molecule has 0 amide bonds. The molecule has 3 N–H and O–H groups in total. The van der Waals surface area contributed by atoms with Gasteiger partial charge in [0.15, 0.2) is 0 Å². The van der Waals surface area contributed by atoms with Crippen LogP contribution in [0.15, 0.2) is 54.6 Å². The van der Waals surface area contributed by atoms with Gasteiger partial charge in [0.25, 0.3) is 0 Å². The Kier molecular flexibility index (Phi) is 5.60. The summed E-state index contributed by atoms with van der Waals surface area (Å²) < 4.78 is 0. The van der Waals surface area contributed by atoms with Gasteiger partial charge < -0.3 is 10.8 Å². The van der Waals surface area contributed by atoms with Crippen molar-refractivity contribution in [3.8, 4) is 0 Å². The van der Waals surface area contributed by atoms with Crippen molar-refractivity contribution in [2.45, 2.75) is 24.9 Å². The van der Waals surface area contributed by atoms with E-state index in [0.29, 0.717) is 18.0 Å². The second-order valence-corrected chi connectivity index (χ2v) is 5.36. The molecule has 0 saturated heterocycles. The first-order valence-electron chi connectivity index (χ1n) is 6.89. The summed E-state index contributed by atoms with van der Waals surface area (Å²) in [6, 6.07) is 17.7. The van der Waals surface area contributed by atoms with Crippen LogP contribution in [0.3, 0.4) is 0 Å². The van der Waals surface area contributed by atoms with E-state index in [1.165, 1.54) is 5.56 Å². The van der Waals surface area contributed by atoms with Gasteiger partial charge in [-0.15, -0.1) is 0 Å². The average molecular weight is 290 g/mol. The molecule has 0 heterocycles. The van der Waals surface area contributed by atoms with Crippen LogP contribution in [0.5, 0.6) is 0 Å². The lowest BCUT2D eigenvalue weighted by molar-refractivity contribution is 0.136. The van der Waals surface area contributed by atoms with Gasteiger partial charge in [0.1, 0.15) is 0 Å². The first-order chi connectivity index (χ1) is 9.72. The number of hydrogen-bond acceptors (Lipinski definition) is 2. The Hall–Kier alpha value is -1.35. The van der Waals surface area contributed by atoms with Crippen LogP contribution in [0.2, 0.25) is 5.02 Å². The van der Waals surface area contributed by atoms with Crippen molar-refractivity contribution in [1.82, 2.24) is 0 Å². The maximum absolute atomic E-state index is 10.4. The van der Waals surface area contributed by atoms with Crippen LogP contribution in [0, 0.1) is 0 Å². The van der Waals surface area contributed by atoms with Crippen molar-refractivity contribution >= 4 is 11.6 Å². The van der Waals surface area contributed by atoms with Crippen LogP contribution in [0.4, 0.5) is 0 Å². The van der Waals surface area contributed by atoms with E-state index in [1.807, 2.05) is 42.5 Å². The van der Waals surface area contributed by atoms with Crippen molar-refractivity contribution < 1.29 is 5.11 Å². The van der Waals surface area contributed by atoms with Crippen LogP contribution < -0.4 is 5.73 Å². The largest absolute Gasteiger partial charge is 0.392 e. The molecular formula is C17H20ClNO.